The number of rotatable bonds is 3. The Kier molecular flexibility index (Phi) is 3.86. The number of nitrogens with zero attached hydrogens (tertiary/aromatic N) is 2. The number of thiophene rings is 1. The summed E-state index contributed by atoms with van der Waals surface area (Å²) in [4.78, 5) is 9.44. The van der Waals surface area contributed by atoms with E-state index >= 15 is 0 Å². The molecule has 108 valence electrons. The minimum atomic E-state index is 0.335. The fourth-order valence-corrected chi connectivity index (χ4v) is 3.08. The van der Waals surface area contributed by atoms with Crippen molar-refractivity contribution in [2.45, 2.75) is 6.92 Å². The molecule has 0 spiro atoms. The van der Waals surface area contributed by atoms with E-state index in [-0.39, 0.29) is 0 Å². The normalized spacial score (nSPS) is 10.9. The zero-order valence-corrected chi connectivity index (χ0v) is 13.3. The number of aryl methyl sites for hydroxylation is 1. The van der Waals surface area contributed by atoms with E-state index in [0.29, 0.717) is 27.5 Å². The van der Waals surface area contributed by atoms with E-state index in [0.717, 1.165) is 15.8 Å². The van der Waals surface area contributed by atoms with Gasteiger partial charge in [-0.25, -0.2) is 10.8 Å². The average molecular weight is 340 g/mol. The van der Waals surface area contributed by atoms with Crippen LogP contribution in [0.2, 0.25) is 10.0 Å². The lowest BCUT2D eigenvalue weighted by Crippen LogP contribution is -2.11. The van der Waals surface area contributed by atoms with Crippen LogP contribution in [0, 0.1) is 6.92 Å². The van der Waals surface area contributed by atoms with E-state index in [1.54, 1.807) is 12.1 Å². The predicted octanol–water partition coefficient (Wildman–Crippen LogP) is 4.34. The molecule has 0 fully saturated rings. The molecule has 4 N–H and O–H groups in total. The van der Waals surface area contributed by atoms with Crippen LogP contribution in [0.5, 0.6) is 0 Å². The van der Waals surface area contributed by atoms with Gasteiger partial charge in [0, 0.05) is 5.02 Å². The second-order valence-corrected chi connectivity index (χ2v) is 6.09. The van der Waals surface area contributed by atoms with Gasteiger partial charge in [-0.1, -0.05) is 23.2 Å². The molecule has 0 aliphatic heterocycles. The van der Waals surface area contributed by atoms with Gasteiger partial charge in [-0.2, -0.15) is 4.98 Å². The molecule has 0 radical (unpaired) electrons. The second kappa shape index (κ2) is 5.65. The van der Waals surface area contributed by atoms with Crippen LogP contribution in [0.25, 0.3) is 10.2 Å². The summed E-state index contributed by atoms with van der Waals surface area (Å²) in [6.07, 6.45) is 0. The Hall–Kier alpha value is -1.60. The van der Waals surface area contributed by atoms with Crippen molar-refractivity contribution in [1.82, 2.24) is 9.97 Å². The zero-order valence-electron chi connectivity index (χ0n) is 10.9. The molecule has 0 unspecified atom stereocenters. The van der Waals surface area contributed by atoms with Gasteiger partial charge in [-0.15, -0.1) is 11.3 Å². The summed E-state index contributed by atoms with van der Waals surface area (Å²) in [6.45, 7) is 1.90. The first kappa shape index (κ1) is 14.3. The molecule has 0 bridgehead atoms. The fraction of sp³-hybridized carbons (Fsp3) is 0.0769. The third-order valence-corrected chi connectivity index (χ3v) is 4.48. The molecule has 0 saturated carbocycles. The maximum atomic E-state index is 6.25. The highest BCUT2D eigenvalue weighted by atomic mass is 35.5. The molecule has 0 saturated heterocycles. The first-order valence-electron chi connectivity index (χ1n) is 6.03. The van der Waals surface area contributed by atoms with Crippen LogP contribution in [0.1, 0.15) is 5.56 Å². The number of nitrogen functional groups attached to an aromatic ring is 1. The molecule has 2 aromatic heterocycles. The summed E-state index contributed by atoms with van der Waals surface area (Å²) >= 11 is 13.9. The lowest BCUT2D eigenvalue weighted by molar-refractivity contribution is 1.16. The molecule has 2 heterocycles. The van der Waals surface area contributed by atoms with Gasteiger partial charge in [-0.05, 0) is 36.1 Å². The van der Waals surface area contributed by atoms with Crippen molar-refractivity contribution >= 4 is 62.2 Å². The van der Waals surface area contributed by atoms with Gasteiger partial charge in [-0.3, -0.25) is 5.43 Å². The maximum Gasteiger partial charge on any atom is 0.240 e. The number of hydrogen-bond acceptors (Lipinski definition) is 6. The highest BCUT2D eigenvalue weighted by Crippen LogP contribution is 2.34. The summed E-state index contributed by atoms with van der Waals surface area (Å²) in [7, 11) is 0. The topological polar surface area (TPSA) is 75.9 Å². The molecule has 0 aliphatic carbocycles. The van der Waals surface area contributed by atoms with E-state index < -0.39 is 0 Å². The zero-order chi connectivity index (χ0) is 15.0. The van der Waals surface area contributed by atoms with Crippen LogP contribution in [-0.2, 0) is 0 Å². The number of nitrogens with one attached hydrogen (secondary N) is 2. The van der Waals surface area contributed by atoms with Gasteiger partial charge in [0.05, 0.1) is 16.1 Å². The van der Waals surface area contributed by atoms with Crippen molar-refractivity contribution in [2.24, 2.45) is 5.84 Å². The minimum absolute atomic E-state index is 0.335. The van der Waals surface area contributed by atoms with Crippen molar-refractivity contribution in [1.29, 1.82) is 0 Å². The molecule has 0 aliphatic rings. The highest BCUT2D eigenvalue weighted by molar-refractivity contribution is 7.16. The summed E-state index contributed by atoms with van der Waals surface area (Å²) < 4.78 is 0. The summed E-state index contributed by atoms with van der Waals surface area (Å²) in [5.74, 6) is 6.36. The number of hydrogen-bond donors (Lipinski definition) is 3. The van der Waals surface area contributed by atoms with E-state index in [9.17, 15) is 0 Å². The van der Waals surface area contributed by atoms with Gasteiger partial charge in [0.2, 0.25) is 5.95 Å². The van der Waals surface area contributed by atoms with E-state index in [1.807, 2.05) is 18.4 Å². The molecule has 0 atom stereocenters. The van der Waals surface area contributed by atoms with E-state index in [2.05, 4.69) is 20.7 Å². The molecular formula is C13H11Cl2N5S. The number of anilines is 3. The number of aromatic nitrogens is 2. The van der Waals surface area contributed by atoms with Crippen LogP contribution in [0.4, 0.5) is 17.5 Å². The number of hydrazine groups is 1. The Labute approximate surface area is 135 Å². The van der Waals surface area contributed by atoms with Crippen molar-refractivity contribution in [3.05, 3.63) is 39.2 Å². The van der Waals surface area contributed by atoms with Crippen molar-refractivity contribution in [3.8, 4) is 0 Å². The smallest absolute Gasteiger partial charge is 0.240 e. The Morgan fingerprint density at radius 1 is 1.19 bits per heavy atom. The number of halogens is 2. The minimum Gasteiger partial charge on any atom is -0.338 e. The predicted molar refractivity (Wildman–Crippen MR) is 89.7 cm³/mol. The van der Waals surface area contributed by atoms with Gasteiger partial charge < -0.3 is 5.32 Å². The summed E-state index contributed by atoms with van der Waals surface area (Å²) in [6, 6.07) is 5.52. The average Bonchev–Trinajstić information content (AvgIpc) is 2.93. The van der Waals surface area contributed by atoms with Gasteiger partial charge in [0.1, 0.15) is 10.6 Å². The molecule has 8 heteroatoms. The van der Waals surface area contributed by atoms with Crippen LogP contribution in [-0.4, -0.2) is 9.97 Å². The molecule has 5 nitrogen and oxygen atoms in total. The first-order chi connectivity index (χ1) is 10.1. The third kappa shape index (κ3) is 2.75. The Morgan fingerprint density at radius 3 is 2.76 bits per heavy atom. The van der Waals surface area contributed by atoms with Crippen LogP contribution in [0.3, 0.4) is 0 Å². The maximum absolute atomic E-state index is 6.25. The Balaban J connectivity index is 2.09. The number of nitrogens with two attached hydrogens (primary N) is 1. The molecule has 3 aromatic rings. The van der Waals surface area contributed by atoms with Gasteiger partial charge >= 0.3 is 0 Å². The Bertz CT molecular complexity index is 818. The standard InChI is InChI=1S/C13H11Cl2N5S/c1-6-4-9(15)10(5-8(6)14)17-11-7-2-3-21-12(7)19-13(18-11)20-16/h2-5H,16H2,1H3,(H2,17,18,19,20). The molecule has 0 amide bonds. The third-order valence-electron chi connectivity index (χ3n) is 2.96. The quantitative estimate of drug-likeness (QED) is 0.489. The largest absolute Gasteiger partial charge is 0.338 e. The molecule has 3 rings (SSSR count). The van der Waals surface area contributed by atoms with Crippen LogP contribution in [0.15, 0.2) is 23.6 Å². The lowest BCUT2D eigenvalue weighted by Gasteiger charge is -2.11. The molecule has 21 heavy (non-hydrogen) atoms. The van der Waals surface area contributed by atoms with Crippen molar-refractivity contribution in [2.75, 3.05) is 10.7 Å². The van der Waals surface area contributed by atoms with Crippen molar-refractivity contribution < 1.29 is 0 Å². The first-order valence-corrected chi connectivity index (χ1v) is 7.66. The molecule has 1 aromatic carbocycles. The van der Waals surface area contributed by atoms with Crippen molar-refractivity contribution in [3.63, 3.8) is 0 Å². The van der Waals surface area contributed by atoms with Gasteiger partial charge in [0.15, 0.2) is 0 Å². The Morgan fingerprint density at radius 2 is 2.00 bits per heavy atom. The van der Waals surface area contributed by atoms with Gasteiger partial charge in [0.25, 0.3) is 0 Å². The van der Waals surface area contributed by atoms with Crippen LogP contribution < -0.4 is 16.6 Å². The lowest BCUT2D eigenvalue weighted by atomic mass is 10.2. The summed E-state index contributed by atoms with van der Waals surface area (Å²) in [5.41, 5.74) is 4.05. The second-order valence-electron chi connectivity index (χ2n) is 4.39. The fourth-order valence-electron chi connectivity index (χ4n) is 1.88. The number of benzene rings is 1. The SMILES string of the molecule is Cc1cc(Cl)c(Nc2nc(NN)nc3sccc23)cc1Cl. The highest BCUT2D eigenvalue weighted by Gasteiger charge is 2.11. The molecular weight excluding hydrogens is 329 g/mol. The van der Waals surface area contributed by atoms with E-state index in [1.165, 1.54) is 11.3 Å². The van der Waals surface area contributed by atoms with E-state index in [4.69, 9.17) is 29.0 Å². The summed E-state index contributed by atoms with van der Waals surface area (Å²) in [5, 5.41) is 7.23. The van der Waals surface area contributed by atoms with Crippen LogP contribution >= 0.6 is 34.5 Å². The monoisotopic (exact) mass is 339 g/mol. The number of fused-ring (bicyclic) bond motifs is 1.